The number of aryl methyl sites for hydroxylation is 1. The molecular formula is C20H24BrN5O4S. The Labute approximate surface area is 192 Å². The summed E-state index contributed by atoms with van der Waals surface area (Å²) in [5.41, 5.74) is 2.33. The van der Waals surface area contributed by atoms with Gasteiger partial charge in [0.1, 0.15) is 0 Å². The lowest BCUT2D eigenvalue weighted by molar-refractivity contribution is -0.115. The molecule has 11 heteroatoms. The van der Waals surface area contributed by atoms with E-state index in [4.69, 9.17) is 4.74 Å². The second-order valence-corrected chi connectivity index (χ2v) is 8.65. The zero-order valence-electron chi connectivity index (χ0n) is 17.3. The topological polar surface area (TPSA) is 104 Å². The highest BCUT2D eigenvalue weighted by molar-refractivity contribution is 9.10. The molecule has 2 N–H and O–H groups in total. The van der Waals surface area contributed by atoms with E-state index >= 15 is 0 Å². The molecule has 166 valence electrons. The van der Waals surface area contributed by atoms with Crippen LogP contribution >= 0.6 is 27.3 Å². The lowest BCUT2D eigenvalue weighted by atomic mass is 10.2. The molecule has 1 aliphatic rings. The monoisotopic (exact) mass is 509 g/mol. The lowest BCUT2D eigenvalue weighted by Crippen LogP contribution is -2.51. The van der Waals surface area contributed by atoms with E-state index in [1.165, 1.54) is 11.3 Å². The van der Waals surface area contributed by atoms with Crippen molar-refractivity contribution in [2.45, 2.75) is 20.3 Å². The van der Waals surface area contributed by atoms with Gasteiger partial charge in [-0.2, -0.15) is 0 Å². The van der Waals surface area contributed by atoms with Gasteiger partial charge in [-0.25, -0.2) is 14.6 Å². The van der Waals surface area contributed by atoms with Crippen LogP contribution < -0.4 is 10.6 Å². The first-order chi connectivity index (χ1) is 14.9. The normalized spacial score (nSPS) is 13.6. The minimum Gasteiger partial charge on any atom is -0.450 e. The summed E-state index contributed by atoms with van der Waals surface area (Å²) in [7, 11) is 0. The second-order valence-electron chi connectivity index (χ2n) is 6.94. The van der Waals surface area contributed by atoms with Crippen molar-refractivity contribution >= 4 is 56.1 Å². The maximum Gasteiger partial charge on any atom is 0.409 e. The molecule has 3 rings (SSSR count). The van der Waals surface area contributed by atoms with Gasteiger partial charge < -0.3 is 19.9 Å². The first kappa shape index (κ1) is 23.0. The van der Waals surface area contributed by atoms with Crippen molar-refractivity contribution in [3.63, 3.8) is 0 Å². The summed E-state index contributed by atoms with van der Waals surface area (Å²) in [5.74, 6) is -0.181. The number of anilines is 2. The highest BCUT2D eigenvalue weighted by Crippen LogP contribution is 2.21. The maximum absolute atomic E-state index is 12.5. The molecule has 1 aromatic heterocycles. The minimum absolute atomic E-state index is 0.111. The third kappa shape index (κ3) is 6.41. The summed E-state index contributed by atoms with van der Waals surface area (Å²) >= 11 is 4.70. The molecule has 0 atom stereocenters. The number of carbonyl (C=O) groups is 3. The molecule has 2 aromatic rings. The Bertz CT molecular complexity index is 959. The van der Waals surface area contributed by atoms with Crippen LogP contribution in [0.25, 0.3) is 0 Å². The first-order valence-electron chi connectivity index (χ1n) is 9.83. The number of halogens is 1. The van der Waals surface area contributed by atoms with Crippen LogP contribution in [0.4, 0.5) is 20.4 Å². The third-order valence-electron chi connectivity index (χ3n) is 4.64. The Kier molecular flexibility index (Phi) is 7.85. The van der Waals surface area contributed by atoms with Crippen LogP contribution in [-0.4, -0.2) is 65.6 Å². The number of urea groups is 1. The Morgan fingerprint density at radius 2 is 1.87 bits per heavy atom. The molecule has 31 heavy (non-hydrogen) atoms. The number of nitrogens with zero attached hydrogens (tertiary/aromatic N) is 3. The summed E-state index contributed by atoms with van der Waals surface area (Å²) in [6, 6.07) is 5.31. The number of nitrogens with one attached hydrogen (secondary N) is 2. The van der Waals surface area contributed by atoms with Gasteiger partial charge in [-0.15, -0.1) is 11.3 Å². The fourth-order valence-electron chi connectivity index (χ4n) is 3.02. The quantitative estimate of drug-likeness (QED) is 0.639. The number of piperazine rings is 1. The summed E-state index contributed by atoms with van der Waals surface area (Å²) in [5, 5.41) is 7.79. The molecule has 4 amide bonds. The van der Waals surface area contributed by atoms with Crippen LogP contribution in [0.1, 0.15) is 18.2 Å². The minimum atomic E-state index is -0.358. The molecule has 1 saturated heterocycles. The highest BCUT2D eigenvalue weighted by Gasteiger charge is 2.25. The Balaban J connectivity index is 1.47. The highest BCUT2D eigenvalue weighted by atomic mass is 79.9. The van der Waals surface area contributed by atoms with Crippen LogP contribution in [0.5, 0.6) is 0 Å². The third-order valence-corrected chi connectivity index (χ3v) is 6.34. The van der Waals surface area contributed by atoms with Crippen LogP contribution in [0.3, 0.4) is 0 Å². The molecule has 2 heterocycles. The number of ether oxygens (including phenoxy) is 1. The van der Waals surface area contributed by atoms with E-state index < -0.39 is 0 Å². The fourth-order valence-corrected chi connectivity index (χ4v) is 3.96. The van der Waals surface area contributed by atoms with Gasteiger partial charge >= 0.3 is 12.1 Å². The number of thiazole rings is 1. The largest absolute Gasteiger partial charge is 0.450 e. The number of benzene rings is 1. The van der Waals surface area contributed by atoms with Crippen molar-refractivity contribution in [2.24, 2.45) is 0 Å². The SMILES string of the molecule is CCOC(=O)N1CCN(C(=O)Nc2nc(CC(=O)Nc3ccc(Br)c(C)c3)cs2)CC1. The van der Waals surface area contributed by atoms with Gasteiger partial charge in [0, 0.05) is 41.7 Å². The summed E-state index contributed by atoms with van der Waals surface area (Å²) in [6.07, 6.45) is -0.247. The van der Waals surface area contributed by atoms with Gasteiger partial charge in [0.25, 0.3) is 0 Å². The van der Waals surface area contributed by atoms with Crippen molar-refractivity contribution < 1.29 is 19.1 Å². The summed E-state index contributed by atoms with van der Waals surface area (Å²) in [6.45, 7) is 5.71. The van der Waals surface area contributed by atoms with Crippen LogP contribution in [0.2, 0.25) is 0 Å². The van der Waals surface area contributed by atoms with Crippen molar-refractivity contribution in [1.82, 2.24) is 14.8 Å². The van der Waals surface area contributed by atoms with Crippen molar-refractivity contribution in [3.05, 3.63) is 39.3 Å². The van der Waals surface area contributed by atoms with Crippen LogP contribution in [0, 0.1) is 6.92 Å². The Hall–Kier alpha value is -2.66. The van der Waals surface area contributed by atoms with Gasteiger partial charge in [0.05, 0.1) is 18.7 Å². The molecule has 0 aliphatic carbocycles. The van der Waals surface area contributed by atoms with Crippen LogP contribution in [-0.2, 0) is 16.0 Å². The number of aromatic nitrogens is 1. The zero-order valence-corrected chi connectivity index (χ0v) is 19.7. The lowest BCUT2D eigenvalue weighted by Gasteiger charge is -2.33. The fraction of sp³-hybridized carbons (Fsp3) is 0.400. The van der Waals surface area contributed by atoms with E-state index in [0.29, 0.717) is 43.6 Å². The average molecular weight is 510 g/mol. The van der Waals surface area contributed by atoms with E-state index in [0.717, 1.165) is 15.7 Å². The molecule has 1 aromatic carbocycles. The van der Waals surface area contributed by atoms with E-state index in [1.807, 2.05) is 25.1 Å². The zero-order chi connectivity index (χ0) is 22.4. The number of hydrogen-bond acceptors (Lipinski definition) is 6. The number of amides is 4. The van der Waals surface area contributed by atoms with E-state index in [1.54, 1.807) is 22.1 Å². The summed E-state index contributed by atoms with van der Waals surface area (Å²) < 4.78 is 5.96. The molecule has 0 unspecified atom stereocenters. The molecule has 0 saturated carbocycles. The number of hydrogen-bond donors (Lipinski definition) is 2. The van der Waals surface area contributed by atoms with Gasteiger partial charge in [0.15, 0.2) is 5.13 Å². The number of rotatable bonds is 5. The first-order valence-corrected chi connectivity index (χ1v) is 11.5. The van der Waals surface area contributed by atoms with E-state index in [-0.39, 0.29) is 24.5 Å². The predicted octanol–water partition coefficient (Wildman–Crippen LogP) is 3.70. The number of carbonyl (C=O) groups excluding carboxylic acids is 3. The maximum atomic E-state index is 12.5. The second kappa shape index (κ2) is 10.6. The van der Waals surface area contributed by atoms with Crippen LogP contribution in [0.15, 0.2) is 28.1 Å². The van der Waals surface area contributed by atoms with Gasteiger partial charge in [-0.3, -0.25) is 10.1 Å². The average Bonchev–Trinajstić information content (AvgIpc) is 3.17. The molecule has 9 nitrogen and oxygen atoms in total. The molecular weight excluding hydrogens is 486 g/mol. The molecule has 0 radical (unpaired) electrons. The van der Waals surface area contributed by atoms with Gasteiger partial charge in [-0.05, 0) is 37.6 Å². The Morgan fingerprint density at radius 1 is 1.16 bits per heavy atom. The smallest absolute Gasteiger partial charge is 0.409 e. The predicted molar refractivity (Wildman–Crippen MR) is 123 cm³/mol. The van der Waals surface area contributed by atoms with Crippen molar-refractivity contribution in [3.8, 4) is 0 Å². The van der Waals surface area contributed by atoms with E-state index in [2.05, 4.69) is 31.5 Å². The van der Waals surface area contributed by atoms with Gasteiger partial charge in [-0.1, -0.05) is 15.9 Å². The Morgan fingerprint density at radius 3 is 2.55 bits per heavy atom. The van der Waals surface area contributed by atoms with Gasteiger partial charge in [0.2, 0.25) is 5.91 Å². The molecule has 0 bridgehead atoms. The summed E-state index contributed by atoms with van der Waals surface area (Å²) in [4.78, 5) is 44.0. The molecule has 1 aliphatic heterocycles. The molecule has 0 spiro atoms. The van der Waals surface area contributed by atoms with Crippen molar-refractivity contribution in [2.75, 3.05) is 43.4 Å². The van der Waals surface area contributed by atoms with E-state index in [9.17, 15) is 14.4 Å². The van der Waals surface area contributed by atoms with Crippen molar-refractivity contribution in [1.29, 1.82) is 0 Å². The standard InChI is InChI=1S/C20H24BrN5O4S/c1-3-30-20(29)26-8-6-25(7-9-26)19(28)24-18-23-15(12-31-18)11-17(27)22-14-4-5-16(21)13(2)10-14/h4-5,10,12H,3,6-9,11H2,1-2H3,(H,22,27)(H,23,24,28). The molecule has 1 fully saturated rings.